The fraction of sp³-hybridized carbons (Fsp3) is 0.857. The minimum Gasteiger partial charge on any atom is -0.370 e. The molecule has 0 radical (unpaired) electrons. The molecule has 0 unspecified atom stereocenters. The maximum absolute atomic E-state index is 5.72. The van der Waals surface area contributed by atoms with Crippen LogP contribution < -0.4 is 5.32 Å². The Kier molecular flexibility index (Phi) is 4.26. The Morgan fingerprint density at radius 3 is 2.53 bits per heavy atom. The van der Waals surface area contributed by atoms with Crippen molar-refractivity contribution >= 4 is 0 Å². The highest BCUT2D eigenvalue weighted by Crippen LogP contribution is 2.38. The zero-order valence-electron chi connectivity index (χ0n) is 12.5. The van der Waals surface area contributed by atoms with Crippen LogP contribution in [0.25, 0.3) is 0 Å². The van der Waals surface area contributed by atoms with E-state index in [9.17, 15) is 0 Å². The minimum atomic E-state index is -0.332. The molecular weight excluding hydrogens is 242 g/mol. The number of methoxy groups -OCH3 is 1. The van der Waals surface area contributed by atoms with Crippen LogP contribution >= 0.6 is 0 Å². The van der Waals surface area contributed by atoms with Crippen molar-refractivity contribution < 1.29 is 9.26 Å². The van der Waals surface area contributed by atoms with E-state index in [1.165, 1.54) is 6.42 Å². The molecular formula is C14H25N3O2. The summed E-state index contributed by atoms with van der Waals surface area (Å²) in [5.41, 5.74) is -0.292. The minimum absolute atomic E-state index is 0.0401. The first kappa shape index (κ1) is 14.5. The normalized spacial score (nSPS) is 19.6. The van der Waals surface area contributed by atoms with Gasteiger partial charge in [0, 0.05) is 12.6 Å². The Hall–Kier alpha value is -0.940. The molecule has 2 rings (SSSR count). The molecule has 1 aromatic heterocycles. The van der Waals surface area contributed by atoms with Crippen LogP contribution in [0.1, 0.15) is 64.6 Å². The number of nitrogens with one attached hydrogen (secondary N) is 1. The molecule has 1 aliphatic rings. The lowest BCUT2D eigenvalue weighted by Gasteiger charge is -2.32. The maximum Gasteiger partial charge on any atom is 0.240 e. The molecule has 0 amide bonds. The third-order valence-corrected chi connectivity index (χ3v) is 3.70. The molecule has 1 fully saturated rings. The molecule has 0 saturated heterocycles. The van der Waals surface area contributed by atoms with Crippen LogP contribution in [0.4, 0.5) is 0 Å². The van der Waals surface area contributed by atoms with Crippen molar-refractivity contribution in [3.63, 3.8) is 0 Å². The van der Waals surface area contributed by atoms with Crippen LogP contribution in [0.5, 0.6) is 0 Å². The lowest BCUT2D eigenvalue weighted by atomic mass is 9.84. The summed E-state index contributed by atoms with van der Waals surface area (Å²) in [7, 11) is 1.74. The van der Waals surface area contributed by atoms with Crippen LogP contribution in [-0.4, -0.2) is 22.8 Å². The van der Waals surface area contributed by atoms with Gasteiger partial charge in [-0.05, 0) is 33.6 Å². The number of ether oxygens (including phenoxy) is 1. The molecule has 5 nitrogen and oxygen atoms in total. The second-order valence-electron chi connectivity index (χ2n) is 6.37. The van der Waals surface area contributed by atoms with Gasteiger partial charge in [0.25, 0.3) is 0 Å². The highest BCUT2D eigenvalue weighted by molar-refractivity contribution is 5.03. The van der Waals surface area contributed by atoms with Crippen LogP contribution in [0.2, 0.25) is 0 Å². The van der Waals surface area contributed by atoms with Gasteiger partial charge in [0.1, 0.15) is 5.60 Å². The van der Waals surface area contributed by atoms with Crippen molar-refractivity contribution in [2.75, 3.05) is 7.11 Å². The molecule has 1 saturated carbocycles. The van der Waals surface area contributed by atoms with E-state index >= 15 is 0 Å². The van der Waals surface area contributed by atoms with E-state index in [0.717, 1.165) is 25.7 Å². The maximum atomic E-state index is 5.72. The molecule has 1 aliphatic carbocycles. The van der Waals surface area contributed by atoms with Gasteiger partial charge >= 0.3 is 0 Å². The van der Waals surface area contributed by atoms with E-state index in [1.807, 2.05) is 0 Å². The first-order valence-electron chi connectivity index (χ1n) is 7.08. The van der Waals surface area contributed by atoms with Gasteiger partial charge in [-0.2, -0.15) is 4.98 Å². The summed E-state index contributed by atoms with van der Waals surface area (Å²) >= 11 is 0. The van der Waals surface area contributed by atoms with E-state index < -0.39 is 0 Å². The number of aromatic nitrogens is 2. The Balaban J connectivity index is 2.06. The summed E-state index contributed by atoms with van der Waals surface area (Å²) in [5.74, 6) is 1.34. The first-order chi connectivity index (χ1) is 8.95. The summed E-state index contributed by atoms with van der Waals surface area (Å²) in [6.45, 7) is 6.93. The molecule has 0 spiro atoms. The molecule has 0 aromatic carbocycles. The molecule has 5 heteroatoms. The summed E-state index contributed by atoms with van der Waals surface area (Å²) in [6, 6.07) is 0. The standard InChI is InChI=1S/C14H25N3O2/c1-13(2,3)15-10-11-16-12(17-19-11)14(18-4)8-6-5-7-9-14/h15H,5-10H2,1-4H3. The molecule has 1 N–H and O–H groups in total. The zero-order chi connectivity index (χ0) is 13.9. The van der Waals surface area contributed by atoms with Gasteiger partial charge in [0.05, 0.1) is 6.54 Å². The second kappa shape index (κ2) is 5.59. The average Bonchev–Trinajstić information content (AvgIpc) is 2.86. The average molecular weight is 267 g/mol. The first-order valence-corrected chi connectivity index (χ1v) is 7.08. The molecule has 1 aromatic rings. The highest BCUT2D eigenvalue weighted by Gasteiger charge is 2.38. The van der Waals surface area contributed by atoms with Gasteiger partial charge in [-0.25, -0.2) is 0 Å². The Morgan fingerprint density at radius 2 is 1.95 bits per heavy atom. The Morgan fingerprint density at radius 1 is 1.26 bits per heavy atom. The largest absolute Gasteiger partial charge is 0.370 e. The van der Waals surface area contributed by atoms with E-state index in [1.54, 1.807) is 7.11 Å². The number of rotatable bonds is 4. The van der Waals surface area contributed by atoms with Crippen molar-refractivity contribution in [1.82, 2.24) is 15.5 Å². The molecule has 1 heterocycles. The smallest absolute Gasteiger partial charge is 0.240 e. The van der Waals surface area contributed by atoms with Crippen molar-refractivity contribution in [3.8, 4) is 0 Å². The van der Waals surface area contributed by atoms with E-state index in [2.05, 4.69) is 36.2 Å². The van der Waals surface area contributed by atoms with E-state index in [-0.39, 0.29) is 11.1 Å². The van der Waals surface area contributed by atoms with Gasteiger partial charge in [0.2, 0.25) is 11.7 Å². The van der Waals surface area contributed by atoms with E-state index in [0.29, 0.717) is 18.3 Å². The van der Waals surface area contributed by atoms with Crippen LogP contribution in [0.15, 0.2) is 4.52 Å². The lowest BCUT2D eigenvalue weighted by molar-refractivity contribution is -0.0527. The molecule has 0 atom stereocenters. The lowest BCUT2D eigenvalue weighted by Crippen LogP contribution is -2.35. The Labute approximate surface area is 115 Å². The summed E-state index contributed by atoms with van der Waals surface area (Å²) in [5, 5.41) is 7.48. The van der Waals surface area contributed by atoms with Crippen LogP contribution in [0.3, 0.4) is 0 Å². The SMILES string of the molecule is COC1(c2noc(CNC(C)(C)C)n2)CCCCC1. The summed E-state index contributed by atoms with van der Waals surface area (Å²) in [6.07, 6.45) is 5.56. The van der Waals surface area contributed by atoms with Gasteiger partial charge in [-0.3, -0.25) is 0 Å². The predicted octanol–water partition coefficient (Wildman–Crippen LogP) is 2.76. The third-order valence-electron chi connectivity index (χ3n) is 3.70. The third kappa shape index (κ3) is 3.54. The van der Waals surface area contributed by atoms with Crippen molar-refractivity contribution in [3.05, 3.63) is 11.7 Å². The molecule has 0 aliphatic heterocycles. The van der Waals surface area contributed by atoms with Gasteiger partial charge in [-0.15, -0.1) is 0 Å². The fourth-order valence-corrected chi connectivity index (χ4v) is 2.49. The van der Waals surface area contributed by atoms with Crippen LogP contribution in [0, 0.1) is 0 Å². The topological polar surface area (TPSA) is 60.2 Å². The van der Waals surface area contributed by atoms with Crippen molar-refractivity contribution in [1.29, 1.82) is 0 Å². The zero-order valence-corrected chi connectivity index (χ0v) is 12.5. The highest BCUT2D eigenvalue weighted by atomic mass is 16.5. The fourth-order valence-electron chi connectivity index (χ4n) is 2.49. The monoisotopic (exact) mass is 267 g/mol. The van der Waals surface area contributed by atoms with Crippen LogP contribution in [-0.2, 0) is 16.9 Å². The van der Waals surface area contributed by atoms with E-state index in [4.69, 9.17) is 9.26 Å². The number of hydrogen-bond acceptors (Lipinski definition) is 5. The van der Waals surface area contributed by atoms with Crippen molar-refractivity contribution in [2.24, 2.45) is 0 Å². The van der Waals surface area contributed by atoms with Crippen molar-refractivity contribution in [2.45, 2.75) is 70.6 Å². The number of hydrogen-bond donors (Lipinski definition) is 1. The molecule has 19 heavy (non-hydrogen) atoms. The predicted molar refractivity (Wildman–Crippen MR) is 72.7 cm³/mol. The number of nitrogens with zero attached hydrogens (tertiary/aromatic N) is 2. The second-order valence-corrected chi connectivity index (χ2v) is 6.37. The van der Waals surface area contributed by atoms with Gasteiger partial charge < -0.3 is 14.6 Å². The van der Waals surface area contributed by atoms with Gasteiger partial charge in [-0.1, -0.05) is 24.4 Å². The van der Waals surface area contributed by atoms with Gasteiger partial charge in [0.15, 0.2) is 0 Å². The summed E-state index contributed by atoms with van der Waals surface area (Å²) in [4.78, 5) is 4.51. The quantitative estimate of drug-likeness (QED) is 0.909. The summed E-state index contributed by atoms with van der Waals surface area (Å²) < 4.78 is 11.1. The molecule has 0 bridgehead atoms. The molecule has 108 valence electrons. The Bertz CT molecular complexity index is 403.